The van der Waals surface area contributed by atoms with Crippen molar-refractivity contribution in [1.82, 2.24) is 0 Å². The van der Waals surface area contributed by atoms with Crippen LogP contribution in [0.4, 0.5) is 17.1 Å². The first-order chi connectivity index (χ1) is 11.1. The average molecular weight is 319 g/mol. The number of hydrogen-bond donors (Lipinski definition) is 2. The van der Waals surface area contributed by atoms with Crippen molar-refractivity contribution in [1.29, 1.82) is 0 Å². The Hall–Kier alpha value is -2.39. The number of phenolic OH excluding ortho intramolecular Hbond substituents is 1. The van der Waals surface area contributed by atoms with Crippen LogP contribution in [-0.4, -0.2) is 5.11 Å². The molecule has 0 spiro atoms. The first-order valence-electron chi connectivity index (χ1n) is 7.59. The van der Waals surface area contributed by atoms with E-state index in [4.69, 9.17) is 12.6 Å². The Labute approximate surface area is 141 Å². The SMILES string of the molecule is CC1(S)c2ccccc2N(c2ccccc2)c2cc(O)ccc21. The van der Waals surface area contributed by atoms with Gasteiger partial charge in [0, 0.05) is 11.8 Å². The fourth-order valence-electron chi connectivity index (χ4n) is 3.33. The van der Waals surface area contributed by atoms with Gasteiger partial charge in [0.05, 0.1) is 16.1 Å². The van der Waals surface area contributed by atoms with Crippen LogP contribution in [0.1, 0.15) is 18.1 Å². The number of thiol groups is 1. The topological polar surface area (TPSA) is 23.5 Å². The van der Waals surface area contributed by atoms with Crippen molar-refractivity contribution in [2.24, 2.45) is 0 Å². The van der Waals surface area contributed by atoms with Gasteiger partial charge >= 0.3 is 0 Å². The molecule has 0 aliphatic carbocycles. The molecule has 3 heteroatoms. The van der Waals surface area contributed by atoms with Gasteiger partial charge in [0.1, 0.15) is 5.75 Å². The van der Waals surface area contributed by atoms with Gasteiger partial charge in [-0.25, -0.2) is 0 Å². The van der Waals surface area contributed by atoms with E-state index < -0.39 is 4.75 Å². The van der Waals surface area contributed by atoms with E-state index in [1.54, 1.807) is 6.07 Å². The molecular formula is C20H17NOS. The summed E-state index contributed by atoms with van der Waals surface area (Å²) in [6, 6.07) is 24.0. The molecule has 2 nitrogen and oxygen atoms in total. The van der Waals surface area contributed by atoms with E-state index >= 15 is 0 Å². The number of fused-ring (bicyclic) bond motifs is 2. The summed E-state index contributed by atoms with van der Waals surface area (Å²) in [5.74, 6) is 0.258. The lowest BCUT2D eigenvalue weighted by Crippen LogP contribution is -2.28. The van der Waals surface area contributed by atoms with Gasteiger partial charge in [-0.15, -0.1) is 0 Å². The highest BCUT2D eigenvalue weighted by atomic mass is 32.1. The number of benzene rings is 3. The van der Waals surface area contributed by atoms with Crippen molar-refractivity contribution in [2.75, 3.05) is 4.90 Å². The summed E-state index contributed by atoms with van der Waals surface area (Å²) in [5.41, 5.74) is 5.36. The molecule has 3 aromatic rings. The molecule has 1 aliphatic rings. The lowest BCUT2D eigenvalue weighted by Gasteiger charge is -2.41. The summed E-state index contributed by atoms with van der Waals surface area (Å²) in [7, 11) is 0. The van der Waals surface area contributed by atoms with Gasteiger partial charge in [-0.1, -0.05) is 42.5 Å². The largest absolute Gasteiger partial charge is 0.508 e. The molecule has 0 fully saturated rings. The zero-order valence-corrected chi connectivity index (χ0v) is 13.7. The quantitative estimate of drug-likeness (QED) is 0.589. The van der Waals surface area contributed by atoms with E-state index in [2.05, 4.69) is 36.1 Å². The Morgan fingerprint density at radius 2 is 1.48 bits per heavy atom. The van der Waals surface area contributed by atoms with E-state index in [1.807, 2.05) is 42.5 Å². The van der Waals surface area contributed by atoms with Crippen molar-refractivity contribution < 1.29 is 5.11 Å². The number of rotatable bonds is 1. The Morgan fingerprint density at radius 1 is 0.826 bits per heavy atom. The number of anilines is 3. The molecule has 4 rings (SSSR count). The standard InChI is InChI=1S/C20H17NOS/c1-20(23)16-9-5-6-10-18(16)21(14-7-3-2-4-8-14)19-13-15(22)11-12-17(19)20/h2-13,22-23H,1H3. The van der Waals surface area contributed by atoms with Crippen LogP contribution >= 0.6 is 12.6 Å². The van der Waals surface area contributed by atoms with E-state index in [9.17, 15) is 5.11 Å². The van der Waals surface area contributed by atoms with Crippen LogP contribution < -0.4 is 4.90 Å². The molecule has 1 heterocycles. The Kier molecular flexibility index (Phi) is 3.13. The van der Waals surface area contributed by atoms with Gasteiger partial charge in [0.2, 0.25) is 0 Å². The zero-order valence-electron chi connectivity index (χ0n) is 12.8. The molecule has 23 heavy (non-hydrogen) atoms. The maximum atomic E-state index is 10.0. The molecule has 0 amide bonds. The highest BCUT2D eigenvalue weighted by molar-refractivity contribution is 7.81. The van der Waals surface area contributed by atoms with Crippen LogP contribution in [0.5, 0.6) is 5.75 Å². The molecule has 0 bridgehead atoms. The Morgan fingerprint density at radius 3 is 2.26 bits per heavy atom. The second-order valence-corrected chi connectivity index (χ2v) is 6.86. The van der Waals surface area contributed by atoms with Gasteiger partial charge in [0.15, 0.2) is 0 Å². The Bertz CT molecular complexity index is 874. The van der Waals surface area contributed by atoms with Crippen LogP contribution in [0.2, 0.25) is 0 Å². The van der Waals surface area contributed by atoms with E-state index in [0.29, 0.717) is 0 Å². The number of aromatic hydroxyl groups is 1. The maximum Gasteiger partial charge on any atom is 0.117 e. The van der Waals surface area contributed by atoms with Crippen molar-refractivity contribution >= 4 is 29.7 Å². The maximum absolute atomic E-state index is 10.0. The molecule has 0 saturated heterocycles. The van der Waals surface area contributed by atoms with Crippen LogP contribution in [-0.2, 0) is 4.75 Å². The fourth-order valence-corrected chi connectivity index (χ4v) is 3.71. The predicted molar refractivity (Wildman–Crippen MR) is 98.2 cm³/mol. The number of phenols is 1. The zero-order chi connectivity index (χ0) is 16.0. The summed E-state index contributed by atoms with van der Waals surface area (Å²) >= 11 is 4.96. The lowest BCUT2D eigenvalue weighted by molar-refractivity contribution is 0.475. The highest BCUT2D eigenvalue weighted by Crippen LogP contribution is 2.53. The highest BCUT2D eigenvalue weighted by Gasteiger charge is 2.37. The van der Waals surface area contributed by atoms with Crippen molar-refractivity contribution in [2.45, 2.75) is 11.7 Å². The minimum Gasteiger partial charge on any atom is -0.508 e. The van der Waals surface area contributed by atoms with Gasteiger partial charge in [-0.2, -0.15) is 12.6 Å². The van der Waals surface area contributed by atoms with Crippen LogP contribution in [0.15, 0.2) is 72.8 Å². The van der Waals surface area contributed by atoms with Crippen LogP contribution in [0.25, 0.3) is 0 Å². The van der Waals surface area contributed by atoms with Crippen molar-refractivity contribution in [3.05, 3.63) is 83.9 Å². The predicted octanol–water partition coefficient (Wildman–Crippen LogP) is 5.37. The second-order valence-electron chi connectivity index (χ2n) is 5.96. The molecule has 0 radical (unpaired) electrons. The molecular weight excluding hydrogens is 302 g/mol. The summed E-state index contributed by atoms with van der Waals surface area (Å²) in [4.78, 5) is 2.18. The summed E-state index contributed by atoms with van der Waals surface area (Å²) < 4.78 is -0.412. The smallest absolute Gasteiger partial charge is 0.117 e. The average Bonchev–Trinajstić information content (AvgIpc) is 2.56. The third-order valence-electron chi connectivity index (χ3n) is 4.43. The van der Waals surface area contributed by atoms with Crippen molar-refractivity contribution in [3.63, 3.8) is 0 Å². The minimum atomic E-state index is -0.412. The number of nitrogens with zero attached hydrogens (tertiary/aromatic N) is 1. The first kappa shape index (κ1) is 14.2. The monoisotopic (exact) mass is 319 g/mol. The molecule has 0 aromatic heterocycles. The summed E-state index contributed by atoms with van der Waals surface area (Å²) in [6.45, 7) is 2.10. The molecule has 3 aromatic carbocycles. The third-order valence-corrected chi connectivity index (χ3v) is 4.91. The second kappa shape index (κ2) is 5.07. The molecule has 114 valence electrons. The molecule has 1 aliphatic heterocycles. The molecule has 1 atom stereocenters. The van der Waals surface area contributed by atoms with Gasteiger partial charge in [-0.05, 0) is 42.3 Å². The summed E-state index contributed by atoms with van der Waals surface area (Å²) in [6.07, 6.45) is 0. The normalized spacial score (nSPS) is 19.1. The van der Waals surface area contributed by atoms with Crippen LogP contribution in [0, 0.1) is 0 Å². The van der Waals surface area contributed by atoms with E-state index in [-0.39, 0.29) is 5.75 Å². The summed E-state index contributed by atoms with van der Waals surface area (Å²) in [5, 5.41) is 10.0. The number of para-hydroxylation sites is 2. The van der Waals surface area contributed by atoms with Crippen LogP contribution in [0.3, 0.4) is 0 Å². The van der Waals surface area contributed by atoms with E-state index in [1.165, 1.54) is 0 Å². The minimum absolute atomic E-state index is 0.258. The van der Waals surface area contributed by atoms with E-state index in [0.717, 1.165) is 28.2 Å². The van der Waals surface area contributed by atoms with Gasteiger partial charge < -0.3 is 10.0 Å². The lowest BCUT2D eigenvalue weighted by atomic mass is 9.85. The Balaban J connectivity index is 2.06. The molecule has 1 unspecified atom stereocenters. The molecule has 0 saturated carbocycles. The molecule has 1 N–H and O–H groups in total. The van der Waals surface area contributed by atoms with Gasteiger partial charge in [-0.3, -0.25) is 0 Å². The van der Waals surface area contributed by atoms with Gasteiger partial charge in [0.25, 0.3) is 0 Å². The number of hydrogen-bond acceptors (Lipinski definition) is 3. The third kappa shape index (κ3) is 2.12. The van der Waals surface area contributed by atoms with Crippen molar-refractivity contribution in [3.8, 4) is 5.75 Å². The fraction of sp³-hybridized carbons (Fsp3) is 0.100. The first-order valence-corrected chi connectivity index (χ1v) is 8.04.